The van der Waals surface area contributed by atoms with Crippen LogP contribution in [0.25, 0.3) is 5.69 Å². The molecule has 2 aromatic rings. The van der Waals surface area contributed by atoms with Crippen LogP contribution in [-0.2, 0) is 11.3 Å². The number of benzene rings is 1. The molecular formula is C19H29ClN4O. The third-order valence-electron chi connectivity index (χ3n) is 4.89. The van der Waals surface area contributed by atoms with E-state index in [4.69, 9.17) is 5.73 Å². The van der Waals surface area contributed by atoms with Crippen LogP contribution in [0.5, 0.6) is 0 Å². The molecule has 1 amide bonds. The summed E-state index contributed by atoms with van der Waals surface area (Å²) in [5, 5.41) is 7.62. The maximum absolute atomic E-state index is 12.6. The molecule has 0 aliphatic carbocycles. The van der Waals surface area contributed by atoms with Gasteiger partial charge in [0.05, 0.1) is 16.8 Å². The molecule has 0 spiro atoms. The number of aryl methyl sites for hydroxylation is 2. The van der Waals surface area contributed by atoms with E-state index in [2.05, 4.69) is 10.4 Å². The summed E-state index contributed by atoms with van der Waals surface area (Å²) in [5.74, 6) is 0.0261. The van der Waals surface area contributed by atoms with Gasteiger partial charge in [0.2, 0.25) is 5.91 Å². The fourth-order valence-corrected chi connectivity index (χ4v) is 3.06. The summed E-state index contributed by atoms with van der Waals surface area (Å²) in [4.78, 5) is 12.6. The number of halogens is 1. The predicted octanol–water partition coefficient (Wildman–Crippen LogP) is 3.29. The van der Waals surface area contributed by atoms with Gasteiger partial charge in [0.1, 0.15) is 0 Å². The van der Waals surface area contributed by atoms with Crippen LogP contribution >= 0.6 is 12.4 Å². The molecule has 0 fully saturated rings. The summed E-state index contributed by atoms with van der Waals surface area (Å²) in [6, 6.07) is 10.1. The number of amides is 1. The van der Waals surface area contributed by atoms with Crippen molar-refractivity contribution < 1.29 is 4.79 Å². The van der Waals surface area contributed by atoms with E-state index >= 15 is 0 Å². The van der Waals surface area contributed by atoms with E-state index in [9.17, 15) is 4.79 Å². The zero-order valence-corrected chi connectivity index (χ0v) is 16.3. The fraction of sp³-hybridized carbons (Fsp3) is 0.474. The first kappa shape index (κ1) is 21.2. The standard InChI is InChI=1S/C19H28N4O.ClH/c1-5-19(6-2,13-20)18(24)21-12-16-9-7-8-10-17(16)23-15(4)11-14(3)22-23;/h7-11H,5-6,12-13,20H2,1-4H3,(H,21,24);1H. The summed E-state index contributed by atoms with van der Waals surface area (Å²) >= 11 is 0. The van der Waals surface area contributed by atoms with Crippen molar-refractivity contribution in [2.24, 2.45) is 11.1 Å². The van der Waals surface area contributed by atoms with Gasteiger partial charge in [0.25, 0.3) is 0 Å². The number of carbonyl (C=O) groups excluding carboxylic acids is 1. The van der Waals surface area contributed by atoms with Gasteiger partial charge in [-0.25, -0.2) is 4.68 Å². The molecule has 2 rings (SSSR count). The smallest absolute Gasteiger partial charge is 0.227 e. The van der Waals surface area contributed by atoms with Crippen LogP contribution in [-0.4, -0.2) is 22.2 Å². The van der Waals surface area contributed by atoms with Crippen molar-refractivity contribution in [2.45, 2.75) is 47.1 Å². The van der Waals surface area contributed by atoms with Gasteiger partial charge in [0, 0.05) is 18.8 Å². The molecule has 3 N–H and O–H groups in total. The van der Waals surface area contributed by atoms with Gasteiger partial charge in [-0.15, -0.1) is 12.4 Å². The summed E-state index contributed by atoms with van der Waals surface area (Å²) in [7, 11) is 0. The maximum Gasteiger partial charge on any atom is 0.227 e. The predicted molar refractivity (Wildman–Crippen MR) is 104 cm³/mol. The second-order valence-electron chi connectivity index (χ2n) is 6.34. The molecule has 5 nitrogen and oxygen atoms in total. The molecule has 0 atom stereocenters. The van der Waals surface area contributed by atoms with Crippen molar-refractivity contribution in [3.63, 3.8) is 0 Å². The van der Waals surface area contributed by atoms with Crippen LogP contribution in [0.1, 0.15) is 43.6 Å². The molecule has 0 saturated heterocycles. The molecule has 1 aromatic carbocycles. The molecule has 0 saturated carbocycles. The van der Waals surface area contributed by atoms with Gasteiger partial charge in [-0.1, -0.05) is 32.0 Å². The first-order valence-electron chi connectivity index (χ1n) is 8.57. The Morgan fingerprint density at radius 1 is 1.24 bits per heavy atom. The van der Waals surface area contributed by atoms with Gasteiger partial charge in [0.15, 0.2) is 0 Å². The highest BCUT2D eigenvalue weighted by molar-refractivity contribution is 5.85. The Kier molecular flexibility index (Phi) is 7.64. The molecule has 0 unspecified atom stereocenters. The molecule has 6 heteroatoms. The van der Waals surface area contributed by atoms with E-state index < -0.39 is 5.41 Å². The second-order valence-corrected chi connectivity index (χ2v) is 6.34. The van der Waals surface area contributed by atoms with Crippen molar-refractivity contribution in [1.82, 2.24) is 15.1 Å². The molecule has 1 heterocycles. The lowest BCUT2D eigenvalue weighted by Crippen LogP contribution is -2.45. The van der Waals surface area contributed by atoms with Crippen LogP contribution in [0.15, 0.2) is 30.3 Å². The average Bonchev–Trinajstić information content (AvgIpc) is 2.93. The molecule has 0 bridgehead atoms. The highest BCUT2D eigenvalue weighted by Gasteiger charge is 2.33. The Morgan fingerprint density at radius 3 is 2.40 bits per heavy atom. The Balaban J connectivity index is 0.00000312. The van der Waals surface area contributed by atoms with Crippen molar-refractivity contribution in [1.29, 1.82) is 0 Å². The Hall–Kier alpha value is -1.85. The van der Waals surface area contributed by atoms with Gasteiger partial charge in [-0.2, -0.15) is 5.10 Å². The fourth-order valence-electron chi connectivity index (χ4n) is 3.06. The van der Waals surface area contributed by atoms with Crippen LogP contribution < -0.4 is 11.1 Å². The molecule has 138 valence electrons. The van der Waals surface area contributed by atoms with E-state index in [0.29, 0.717) is 13.1 Å². The number of hydrogen-bond acceptors (Lipinski definition) is 3. The second kappa shape index (κ2) is 9.02. The summed E-state index contributed by atoms with van der Waals surface area (Å²) < 4.78 is 1.92. The van der Waals surface area contributed by atoms with Gasteiger partial charge in [-0.3, -0.25) is 4.79 Å². The normalized spacial score (nSPS) is 11.1. The lowest BCUT2D eigenvalue weighted by Gasteiger charge is -2.28. The minimum Gasteiger partial charge on any atom is -0.351 e. The van der Waals surface area contributed by atoms with Crippen molar-refractivity contribution in [3.8, 4) is 5.69 Å². The molecule has 0 aliphatic heterocycles. The SMILES string of the molecule is CCC(CC)(CN)C(=O)NCc1ccccc1-n1nc(C)cc1C.Cl. The average molecular weight is 365 g/mol. The lowest BCUT2D eigenvalue weighted by atomic mass is 9.81. The van der Waals surface area contributed by atoms with Gasteiger partial charge < -0.3 is 11.1 Å². The van der Waals surface area contributed by atoms with E-state index in [1.807, 2.05) is 62.7 Å². The number of rotatable bonds is 7. The van der Waals surface area contributed by atoms with Crippen LogP contribution in [0, 0.1) is 19.3 Å². The zero-order chi connectivity index (χ0) is 17.7. The Morgan fingerprint density at radius 2 is 1.88 bits per heavy atom. The number of aromatic nitrogens is 2. The maximum atomic E-state index is 12.6. The molecule has 0 aliphatic rings. The Bertz CT molecular complexity index is 699. The van der Waals surface area contributed by atoms with Crippen molar-refractivity contribution >= 4 is 18.3 Å². The largest absolute Gasteiger partial charge is 0.351 e. The number of nitrogens with two attached hydrogens (primary N) is 1. The van der Waals surface area contributed by atoms with Crippen molar-refractivity contribution in [2.75, 3.05) is 6.54 Å². The van der Waals surface area contributed by atoms with Gasteiger partial charge >= 0.3 is 0 Å². The number of hydrogen-bond donors (Lipinski definition) is 2. The first-order chi connectivity index (χ1) is 11.5. The van der Waals surface area contributed by atoms with E-state index in [1.54, 1.807) is 0 Å². The molecule has 1 aromatic heterocycles. The summed E-state index contributed by atoms with van der Waals surface area (Å²) in [6.45, 7) is 8.87. The van der Waals surface area contributed by atoms with Gasteiger partial charge in [-0.05, 0) is 44.4 Å². The zero-order valence-electron chi connectivity index (χ0n) is 15.5. The third-order valence-corrected chi connectivity index (χ3v) is 4.89. The van der Waals surface area contributed by atoms with Crippen molar-refractivity contribution in [3.05, 3.63) is 47.3 Å². The number of nitrogens with one attached hydrogen (secondary N) is 1. The highest BCUT2D eigenvalue weighted by atomic mass is 35.5. The summed E-state index contributed by atoms with van der Waals surface area (Å²) in [6.07, 6.45) is 1.48. The quantitative estimate of drug-likeness (QED) is 0.791. The highest BCUT2D eigenvalue weighted by Crippen LogP contribution is 2.25. The van der Waals surface area contributed by atoms with E-state index in [0.717, 1.165) is 35.5 Å². The van der Waals surface area contributed by atoms with Crippen LogP contribution in [0.3, 0.4) is 0 Å². The minimum absolute atomic E-state index is 0. The van der Waals surface area contributed by atoms with Crippen LogP contribution in [0.4, 0.5) is 0 Å². The lowest BCUT2D eigenvalue weighted by molar-refractivity contribution is -0.131. The molecule has 0 radical (unpaired) electrons. The third kappa shape index (κ3) is 4.41. The van der Waals surface area contributed by atoms with Crippen LogP contribution in [0.2, 0.25) is 0 Å². The van der Waals surface area contributed by atoms with E-state index in [1.165, 1.54) is 0 Å². The number of para-hydroxylation sites is 1. The topological polar surface area (TPSA) is 72.9 Å². The summed E-state index contributed by atoms with van der Waals surface area (Å²) in [5.41, 5.74) is 9.47. The minimum atomic E-state index is -0.479. The molecular weight excluding hydrogens is 336 g/mol. The first-order valence-corrected chi connectivity index (χ1v) is 8.57. The number of nitrogens with zero attached hydrogens (tertiary/aromatic N) is 2. The van der Waals surface area contributed by atoms with E-state index in [-0.39, 0.29) is 18.3 Å². The Labute approximate surface area is 156 Å². The monoisotopic (exact) mass is 364 g/mol. The number of carbonyl (C=O) groups is 1. The molecule has 25 heavy (non-hydrogen) atoms.